The highest BCUT2D eigenvalue weighted by molar-refractivity contribution is 5.74. The summed E-state index contributed by atoms with van der Waals surface area (Å²) in [5, 5.41) is 4.07. The Balaban J connectivity index is 2.17. The molecule has 1 aromatic carbocycles. The largest absolute Gasteiger partial charge is 0.398 e. The Morgan fingerprint density at radius 2 is 1.90 bits per heavy atom. The molecule has 114 valence electrons. The minimum Gasteiger partial charge on any atom is -0.398 e. The molecule has 2 rings (SSSR count). The molecule has 0 spiro atoms. The minimum atomic E-state index is 0.508. The zero-order chi connectivity index (χ0) is 15.4. The number of aromatic nitrogens is 2. The van der Waals surface area contributed by atoms with Gasteiger partial charge < -0.3 is 15.2 Å². The van der Waals surface area contributed by atoms with Crippen LogP contribution in [0.4, 0.5) is 5.69 Å². The van der Waals surface area contributed by atoms with Crippen LogP contribution < -0.4 is 5.73 Å². The second kappa shape index (κ2) is 6.72. The Bertz CT molecular complexity index is 602. The predicted molar refractivity (Wildman–Crippen MR) is 85.1 cm³/mol. The maximum absolute atomic E-state index is 6.12. The van der Waals surface area contributed by atoms with E-state index in [1.54, 1.807) is 0 Å². The summed E-state index contributed by atoms with van der Waals surface area (Å²) < 4.78 is 5.38. The predicted octanol–water partition coefficient (Wildman–Crippen LogP) is 2.82. The lowest BCUT2D eigenvalue weighted by molar-refractivity contribution is 0.303. The van der Waals surface area contributed by atoms with Crippen LogP contribution in [0.2, 0.25) is 0 Å². The van der Waals surface area contributed by atoms with Crippen LogP contribution in [-0.2, 0) is 6.42 Å². The van der Waals surface area contributed by atoms with E-state index in [4.69, 9.17) is 10.3 Å². The summed E-state index contributed by atoms with van der Waals surface area (Å²) in [6, 6.07) is 4.04. The number of hydrogen-bond donors (Lipinski definition) is 1. The third-order valence-corrected chi connectivity index (χ3v) is 3.78. The molecule has 1 aromatic heterocycles. The number of hydrogen-bond acceptors (Lipinski definition) is 5. The first-order valence-corrected chi connectivity index (χ1v) is 7.47. The molecular formula is C16H24N4O. The van der Waals surface area contributed by atoms with Gasteiger partial charge in [0.2, 0.25) is 0 Å². The maximum Gasteiger partial charge on any atom is 0.260 e. The van der Waals surface area contributed by atoms with E-state index < -0.39 is 0 Å². The van der Waals surface area contributed by atoms with Crippen molar-refractivity contribution in [2.24, 2.45) is 0 Å². The highest BCUT2D eigenvalue weighted by Gasteiger charge is 2.14. The lowest BCUT2D eigenvalue weighted by atomic mass is 10.0. The van der Waals surface area contributed by atoms with Crippen LogP contribution in [0.25, 0.3) is 11.5 Å². The number of nitrogen functional groups attached to an aromatic ring is 1. The summed E-state index contributed by atoms with van der Waals surface area (Å²) in [5.74, 6) is 1.24. The van der Waals surface area contributed by atoms with Gasteiger partial charge in [-0.05, 0) is 44.1 Å². The van der Waals surface area contributed by atoms with E-state index in [0.717, 1.165) is 48.6 Å². The average molecular weight is 288 g/mol. The molecular weight excluding hydrogens is 264 g/mol. The monoisotopic (exact) mass is 288 g/mol. The van der Waals surface area contributed by atoms with Crippen LogP contribution in [0.5, 0.6) is 0 Å². The third kappa shape index (κ3) is 3.61. The van der Waals surface area contributed by atoms with Crippen molar-refractivity contribution in [3.63, 3.8) is 0 Å². The van der Waals surface area contributed by atoms with Gasteiger partial charge in [0.25, 0.3) is 5.89 Å². The fourth-order valence-corrected chi connectivity index (χ4v) is 2.42. The van der Waals surface area contributed by atoms with E-state index in [1.165, 1.54) is 0 Å². The Labute approximate surface area is 126 Å². The molecule has 0 unspecified atom stereocenters. The Morgan fingerprint density at radius 3 is 2.57 bits per heavy atom. The van der Waals surface area contributed by atoms with Crippen molar-refractivity contribution >= 4 is 5.69 Å². The fraction of sp³-hybridized carbons (Fsp3) is 0.500. The highest BCUT2D eigenvalue weighted by atomic mass is 16.5. The van der Waals surface area contributed by atoms with Gasteiger partial charge in [-0.3, -0.25) is 0 Å². The number of nitrogens with two attached hydrogens (primary N) is 1. The van der Waals surface area contributed by atoms with Gasteiger partial charge in [0, 0.05) is 18.7 Å². The van der Waals surface area contributed by atoms with Gasteiger partial charge in [0.05, 0.1) is 5.56 Å². The van der Waals surface area contributed by atoms with Crippen LogP contribution >= 0.6 is 0 Å². The average Bonchev–Trinajstić information content (AvgIpc) is 2.92. The SMILES string of the molecule is CCN(CC)CCc1noc(-c2cc(C)cc(C)c2N)n1. The van der Waals surface area contributed by atoms with E-state index in [1.807, 2.05) is 19.9 Å². The molecule has 5 heteroatoms. The zero-order valence-corrected chi connectivity index (χ0v) is 13.3. The van der Waals surface area contributed by atoms with Crippen LogP contribution in [0.3, 0.4) is 0 Å². The molecule has 0 bridgehead atoms. The van der Waals surface area contributed by atoms with Gasteiger partial charge in [-0.2, -0.15) is 4.98 Å². The molecule has 0 aliphatic heterocycles. The maximum atomic E-state index is 6.12. The Hall–Kier alpha value is -1.88. The van der Waals surface area contributed by atoms with E-state index in [0.29, 0.717) is 11.6 Å². The van der Waals surface area contributed by atoms with Crippen molar-refractivity contribution in [3.05, 3.63) is 29.1 Å². The fourth-order valence-electron chi connectivity index (χ4n) is 2.42. The standard InChI is InChI=1S/C16H24N4O/c1-5-20(6-2)8-7-14-18-16(21-19-14)13-10-11(3)9-12(4)15(13)17/h9-10H,5-8,17H2,1-4H3. The molecule has 0 aliphatic rings. The number of nitrogens with zero attached hydrogens (tertiary/aromatic N) is 3. The molecule has 5 nitrogen and oxygen atoms in total. The summed E-state index contributed by atoms with van der Waals surface area (Å²) >= 11 is 0. The first-order chi connectivity index (χ1) is 10.0. The number of aryl methyl sites for hydroxylation is 2. The lowest BCUT2D eigenvalue weighted by Gasteiger charge is -2.16. The Kier molecular flexibility index (Phi) is 4.96. The van der Waals surface area contributed by atoms with Crippen LogP contribution in [-0.4, -0.2) is 34.7 Å². The molecule has 2 aromatic rings. The second-order valence-corrected chi connectivity index (χ2v) is 5.34. The van der Waals surface area contributed by atoms with Gasteiger partial charge in [-0.1, -0.05) is 25.1 Å². The third-order valence-electron chi connectivity index (χ3n) is 3.78. The molecule has 1 heterocycles. The van der Waals surface area contributed by atoms with Crippen molar-refractivity contribution < 1.29 is 4.52 Å². The first kappa shape index (κ1) is 15.5. The molecule has 0 radical (unpaired) electrons. The summed E-state index contributed by atoms with van der Waals surface area (Å²) in [5.41, 5.74) is 9.83. The summed E-state index contributed by atoms with van der Waals surface area (Å²) in [6.07, 6.45) is 0.788. The smallest absolute Gasteiger partial charge is 0.260 e. The van der Waals surface area contributed by atoms with Crippen molar-refractivity contribution in [1.29, 1.82) is 0 Å². The summed E-state index contributed by atoms with van der Waals surface area (Å²) in [4.78, 5) is 6.81. The van der Waals surface area contributed by atoms with Gasteiger partial charge in [0.15, 0.2) is 5.82 Å². The first-order valence-electron chi connectivity index (χ1n) is 7.47. The van der Waals surface area contributed by atoms with Gasteiger partial charge in [-0.15, -0.1) is 0 Å². The molecule has 0 fully saturated rings. The van der Waals surface area contributed by atoms with Crippen molar-refractivity contribution in [2.45, 2.75) is 34.1 Å². The van der Waals surface area contributed by atoms with E-state index in [2.05, 4.69) is 35.0 Å². The molecule has 0 amide bonds. The molecule has 2 N–H and O–H groups in total. The van der Waals surface area contributed by atoms with Crippen LogP contribution in [0, 0.1) is 13.8 Å². The lowest BCUT2D eigenvalue weighted by Crippen LogP contribution is -2.25. The topological polar surface area (TPSA) is 68.2 Å². The molecule has 21 heavy (non-hydrogen) atoms. The molecule has 0 aliphatic carbocycles. The number of anilines is 1. The number of benzene rings is 1. The quantitative estimate of drug-likeness (QED) is 0.828. The van der Waals surface area contributed by atoms with Crippen molar-refractivity contribution in [2.75, 3.05) is 25.4 Å². The summed E-state index contributed by atoms with van der Waals surface area (Å²) in [6.45, 7) is 11.3. The zero-order valence-electron chi connectivity index (χ0n) is 13.3. The highest BCUT2D eigenvalue weighted by Crippen LogP contribution is 2.28. The Morgan fingerprint density at radius 1 is 1.19 bits per heavy atom. The van der Waals surface area contributed by atoms with Crippen LogP contribution in [0.15, 0.2) is 16.7 Å². The van der Waals surface area contributed by atoms with Gasteiger partial charge >= 0.3 is 0 Å². The number of rotatable bonds is 6. The van der Waals surface area contributed by atoms with Crippen molar-refractivity contribution in [3.8, 4) is 11.5 Å². The van der Waals surface area contributed by atoms with E-state index in [-0.39, 0.29) is 0 Å². The number of likely N-dealkylation sites (N-methyl/N-ethyl adjacent to an activating group) is 1. The van der Waals surface area contributed by atoms with Gasteiger partial charge in [-0.25, -0.2) is 0 Å². The minimum absolute atomic E-state index is 0.508. The normalized spacial score (nSPS) is 11.3. The molecule has 0 saturated carbocycles. The van der Waals surface area contributed by atoms with E-state index >= 15 is 0 Å². The molecule has 0 saturated heterocycles. The summed E-state index contributed by atoms with van der Waals surface area (Å²) in [7, 11) is 0. The van der Waals surface area contributed by atoms with Crippen LogP contribution in [0.1, 0.15) is 30.8 Å². The van der Waals surface area contributed by atoms with E-state index in [9.17, 15) is 0 Å². The molecule has 0 atom stereocenters. The van der Waals surface area contributed by atoms with Gasteiger partial charge in [0.1, 0.15) is 0 Å². The van der Waals surface area contributed by atoms with Crippen molar-refractivity contribution in [1.82, 2.24) is 15.0 Å². The second-order valence-electron chi connectivity index (χ2n) is 5.34.